The number of aliphatic hydroxyl groups is 1. The summed E-state index contributed by atoms with van der Waals surface area (Å²) < 4.78 is 8.24. The van der Waals surface area contributed by atoms with Crippen LogP contribution in [0, 0.1) is 0 Å². The third-order valence-corrected chi connectivity index (χ3v) is 5.67. The fraction of sp³-hybridized carbons (Fsp3) is 0.308. The highest BCUT2D eigenvalue weighted by molar-refractivity contribution is 8.10. The van der Waals surface area contributed by atoms with E-state index in [0.717, 1.165) is 21.6 Å². The van der Waals surface area contributed by atoms with Crippen LogP contribution in [0.1, 0.15) is 18.9 Å². The Hall–Kier alpha value is -0.540. The molecule has 0 bridgehead atoms. The average Bonchev–Trinajstić information content (AvgIpc) is 2.78. The Morgan fingerprint density at radius 1 is 1.35 bits per heavy atom. The summed E-state index contributed by atoms with van der Waals surface area (Å²) in [5, 5.41) is 11.2. The molecule has 0 unspecified atom stereocenters. The summed E-state index contributed by atoms with van der Waals surface area (Å²) in [6.45, 7) is 2.67. The first-order valence-corrected chi connectivity index (χ1v) is 10.2. The molecule has 1 N–H and O–H groups in total. The lowest BCUT2D eigenvalue weighted by Crippen LogP contribution is -2.34. The Balaban J connectivity index is 2.73. The molecule has 0 aliphatic heterocycles. The first-order valence-electron chi connectivity index (χ1n) is 6.20. The van der Waals surface area contributed by atoms with E-state index in [0.29, 0.717) is 12.0 Å². The maximum Gasteiger partial charge on any atom is 0.355 e. The third-order valence-electron chi connectivity index (χ3n) is 2.73. The van der Waals surface area contributed by atoms with Gasteiger partial charge in [-0.1, -0.05) is 52.9 Å². The molecule has 0 aliphatic carbocycles. The number of aliphatic hydroxyl groups excluding tert-OH is 1. The van der Waals surface area contributed by atoms with Gasteiger partial charge in [0.1, 0.15) is 4.70 Å². The molecule has 0 aliphatic rings. The lowest BCUT2D eigenvalue weighted by molar-refractivity contribution is -0.551. The smallest absolute Gasteiger partial charge is 0.355 e. The number of para-hydroxylation sites is 1. The van der Waals surface area contributed by atoms with Crippen molar-refractivity contribution in [3.63, 3.8) is 0 Å². The zero-order valence-corrected chi connectivity index (χ0v) is 14.4. The Kier molecular flexibility index (Phi) is 5.50. The summed E-state index contributed by atoms with van der Waals surface area (Å²) >= 11 is 13.9. The largest absolute Gasteiger partial charge is 0.476 e. The van der Waals surface area contributed by atoms with Gasteiger partial charge in [0.25, 0.3) is 0 Å². The fourth-order valence-corrected chi connectivity index (χ4v) is 4.58. The van der Waals surface area contributed by atoms with Crippen molar-refractivity contribution < 1.29 is 14.4 Å². The molecule has 2 aromatic rings. The second-order valence-corrected chi connectivity index (χ2v) is 8.50. The third kappa shape index (κ3) is 3.04. The van der Waals surface area contributed by atoms with Crippen LogP contribution in [0.3, 0.4) is 0 Å². The molecular formula is C13H15Cl2NO2PS+. The van der Waals surface area contributed by atoms with Crippen LogP contribution < -0.4 is 4.57 Å². The van der Waals surface area contributed by atoms with E-state index in [1.807, 2.05) is 28.8 Å². The van der Waals surface area contributed by atoms with Crippen molar-refractivity contribution >= 4 is 56.1 Å². The van der Waals surface area contributed by atoms with Gasteiger partial charge in [-0.2, -0.15) is 0 Å². The number of rotatable bonds is 5. The number of hydrogen-bond donors (Lipinski definition) is 1. The predicted molar refractivity (Wildman–Crippen MR) is 87.5 cm³/mol. The number of nitrogens with zero attached hydrogens (tertiary/aromatic N) is 1. The summed E-state index contributed by atoms with van der Waals surface area (Å²) in [4.78, 5) is 0. The Morgan fingerprint density at radius 3 is 2.65 bits per heavy atom. The fourth-order valence-electron chi connectivity index (χ4n) is 1.94. The number of ether oxygens (including phenoxy) is 1. The summed E-state index contributed by atoms with van der Waals surface area (Å²) in [5.41, 5.74) is 1.41. The van der Waals surface area contributed by atoms with E-state index in [1.165, 1.54) is 0 Å². The van der Waals surface area contributed by atoms with Crippen molar-refractivity contribution in [1.82, 2.24) is 0 Å². The van der Waals surface area contributed by atoms with Gasteiger partial charge < -0.3 is 9.84 Å². The van der Waals surface area contributed by atoms with Gasteiger partial charge in [-0.3, -0.25) is 0 Å². The van der Waals surface area contributed by atoms with Gasteiger partial charge in [0, 0.05) is 12.5 Å². The monoisotopic (exact) mass is 350 g/mol. The highest BCUT2D eigenvalue weighted by atomic mass is 35.9. The average molecular weight is 351 g/mol. The summed E-state index contributed by atoms with van der Waals surface area (Å²) in [6, 6.07) is 7.95. The second kappa shape index (κ2) is 6.95. The number of aromatic nitrogens is 1. The van der Waals surface area contributed by atoms with Crippen LogP contribution in [-0.2, 0) is 11.2 Å². The van der Waals surface area contributed by atoms with Gasteiger partial charge in [-0.25, -0.2) is 0 Å². The normalized spacial score (nSPS) is 12.8. The molecule has 7 heteroatoms. The first kappa shape index (κ1) is 15.8. The standard InChI is InChI=1S/C13H14Cl2NO2PS/c1-3-11-16(9-7-5-6-8-10(9)20-11)12(19(14)15)13(17)18-4-2/h5-8H,3-4H2,1-2H3/p+1/b13-12-. The van der Waals surface area contributed by atoms with Crippen molar-refractivity contribution in [2.24, 2.45) is 0 Å². The van der Waals surface area contributed by atoms with Crippen LogP contribution in [0.25, 0.3) is 15.7 Å². The number of thiazole rings is 1. The number of fused-ring (bicyclic) bond motifs is 1. The lowest BCUT2D eigenvalue weighted by Gasteiger charge is -2.06. The molecular weight excluding hydrogens is 336 g/mol. The van der Waals surface area contributed by atoms with Crippen LogP contribution in [0.15, 0.2) is 30.2 Å². The minimum atomic E-state index is -1.54. The molecule has 0 saturated carbocycles. The number of halogens is 2. The first-order chi connectivity index (χ1) is 9.60. The molecule has 0 amide bonds. The maximum atomic E-state index is 10.1. The Bertz CT molecular complexity index is 642. The van der Waals surface area contributed by atoms with Crippen molar-refractivity contribution in [3.8, 4) is 0 Å². The lowest BCUT2D eigenvalue weighted by atomic mass is 10.3. The molecule has 0 fully saturated rings. The molecule has 3 nitrogen and oxygen atoms in total. The quantitative estimate of drug-likeness (QED) is 0.455. The van der Waals surface area contributed by atoms with E-state index >= 15 is 0 Å². The van der Waals surface area contributed by atoms with E-state index < -0.39 is 6.63 Å². The van der Waals surface area contributed by atoms with Crippen LogP contribution in [0.2, 0.25) is 0 Å². The van der Waals surface area contributed by atoms with E-state index in [9.17, 15) is 5.11 Å². The molecule has 0 radical (unpaired) electrons. The van der Waals surface area contributed by atoms with E-state index in [-0.39, 0.29) is 5.95 Å². The minimum absolute atomic E-state index is 0.202. The van der Waals surface area contributed by atoms with Crippen LogP contribution in [0.5, 0.6) is 0 Å². The van der Waals surface area contributed by atoms with Crippen LogP contribution in [-0.4, -0.2) is 11.7 Å². The van der Waals surface area contributed by atoms with Crippen LogP contribution >= 0.6 is 40.4 Å². The Morgan fingerprint density at radius 2 is 2.05 bits per heavy atom. The molecule has 0 atom stereocenters. The predicted octanol–water partition coefficient (Wildman–Crippen LogP) is 5.22. The van der Waals surface area contributed by atoms with Crippen molar-refractivity contribution in [3.05, 3.63) is 35.2 Å². The zero-order chi connectivity index (χ0) is 14.7. The topological polar surface area (TPSA) is 33.3 Å². The molecule has 20 heavy (non-hydrogen) atoms. The number of aryl methyl sites for hydroxylation is 1. The van der Waals surface area contributed by atoms with Crippen molar-refractivity contribution in [1.29, 1.82) is 0 Å². The Labute approximate surface area is 132 Å². The van der Waals surface area contributed by atoms with Gasteiger partial charge in [-0.05, 0) is 13.0 Å². The molecule has 1 heterocycles. The van der Waals surface area contributed by atoms with Gasteiger partial charge in [0.05, 0.1) is 6.61 Å². The molecule has 108 valence electrons. The molecule has 2 rings (SSSR count). The SMILES string of the molecule is CCO/C(O)=C(/[n+]1c(CC)sc2ccccc21)P(Cl)Cl. The maximum absolute atomic E-state index is 10.1. The summed E-state index contributed by atoms with van der Waals surface area (Å²) in [7, 11) is 0. The van der Waals surface area contributed by atoms with E-state index in [2.05, 4.69) is 6.92 Å². The van der Waals surface area contributed by atoms with Crippen molar-refractivity contribution in [2.45, 2.75) is 20.3 Å². The van der Waals surface area contributed by atoms with Gasteiger partial charge >= 0.3 is 11.4 Å². The summed E-state index contributed by atoms with van der Waals surface area (Å²) in [6.07, 6.45) is 0.819. The number of benzene rings is 1. The molecule has 1 aromatic carbocycles. The molecule has 0 saturated heterocycles. The van der Waals surface area contributed by atoms with Gasteiger partial charge in [0.15, 0.2) is 6.63 Å². The second-order valence-electron chi connectivity index (χ2n) is 3.95. The van der Waals surface area contributed by atoms with Crippen LogP contribution in [0.4, 0.5) is 0 Å². The number of hydrogen-bond acceptors (Lipinski definition) is 3. The zero-order valence-electron chi connectivity index (χ0n) is 11.1. The van der Waals surface area contributed by atoms with E-state index in [4.69, 9.17) is 27.2 Å². The highest BCUT2D eigenvalue weighted by Crippen LogP contribution is 2.56. The van der Waals surface area contributed by atoms with E-state index in [1.54, 1.807) is 18.3 Å². The van der Waals surface area contributed by atoms with Gasteiger partial charge in [-0.15, -0.1) is 4.57 Å². The highest BCUT2D eigenvalue weighted by Gasteiger charge is 2.33. The van der Waals surface area contributed by atoms with Gasteiger partial charge in [0.2, 0.25) is 10.5 Å². The minimum Gasteiger partial charge on any atom is -0.476 e. The molecule has 0 spiro atoms. The molecule has 1 aromatic heterocycles. The summed E-state index contributed by atoms with van der Waals surface area (Å²) in [5.74, 6) is -0.202. The van der Waals surface area contributed by atoms with Crippen molar-refractivity contribution in [2.75, 3.05) is 6.61 Å².